The van der Waals surface area contributed by atoms with E-state index in [0.29, 0.717) is 12.8 Å². The summed E-state index contributed by atoms with van der Waals surface area (Å²) in [7, 11) is -3.18. The Morgan fingerprint density at radius 2 is 1.71 bits per heavy atom. The van der Waals surface area contributed by atoms with Crippen LogP contribution in [0.5, 0.6) is 0 Å². The van der Waals surface area contributed by atoms with E-state index in [4.69, 9.17) is 14.2 Å². The quantitative estimate of drug-likeness (QED) is 0.0471. The second kappa shape index (κ2) is 19.7. The maximum Gasteiger partial charge on any atom is 0.408 e. The van der Waals surface area contributed by atoms with Crippen molar-refractivity contribution in [3.05, 3.63) is 114 Å². The summed E-state index contributed by atoms with van der Waals surface area (Å²) in [5.41, 5.74) is -2.18. The van der Waals surface area contributed by atoms with E-state index in [9.17, 15) is 32.9 Å². The van der Waals surface area contributed by atoms with Crippen LogP contribution in [-0.4, -0.2) is 91.0 Å². The molecule has 7 atom stereocenters. The van der Waals surface area contributed by atoms with Gasteiger partial charge in [0.25, 0.3) is 5.69 Å². The molecule has 16 heteroatoms. The molecule has 0 aliphatic heterocycles. The largest absolute Gasteiger partial charge is 0.464 e. The van der Waals surface area contributed by atoms with Gasteiger partial charge in [-0.15, -0.1) is 13.2 Å². The molecule has 334 valence electrons. The van der Waals surface area contributed by atoms with Crippen LogP contribution in [0.25, 0.3) is 5.57 Å². The van der Waals surface area contributed by atoms with Crippen LogP contribution in [0.2, 0.25) is 0 Å². The Hall–Kier alpha value is -5.45. The van der Waals surface area contributed by atoms with E-state index >= 15 is 4.79 Å². The van der Waals surface area contributed by atoms with E-state index in [0.717, 1.165) is 27.6 Å². The molecular formula is C46H58N4O11S. The number of methoxy groups -OCH3 is 1. The molecule has 5 rings (SSSR count). The van der Waals surface area contributed by atoms with E-state index in [1.54, 1.807) is 39.8 Å². The van der Waals surface area contributed by atoms with Crippen LogP contribution in [0, 0.1) is 33.8 Å². The zero-order chi connectivity index (χ0) is 45.5. The van der Waals surface area contributed by atoms with E-state index < -0.39 is 96.4 Å². The number of para-hydroxylation sites is 1. The third-order valence-electron chi connectivity index (χ3n) is 11.8. The Kier molecular flexibility index (Phi) is 15.1. The average Bonchev–Trinajstić information content (AvgIpc) is 3.81. The van der Waals surface area contributed by atoms with E-state index in [1.807, 2.05) is 42.5 Å². The van der Waals surface area contributed by atoms with Gasteiger partial charge >= 0.3 is 12.1 Å². The van der Waals surface area contributed by atoms with Crippen molar-refractivity contribution in [1.82, 2.24) is 14.9 Å². The number of ether oxygens (including phenoxy) is 3. The van der Waals surface area contributed by atoms with Crippen molar-refractivity contribution in [2.75, 3.05) is 26.8 Å². The predicted octanol–water partition coefficient (Wildman–Crippen LogP) is 6.71. The number of carbonyl (C=O) groups is 4. The Morgan fingerprint density at radius 3 is 2.29 bits per heavy atom. The lowest BCUT2D eigenvalue weighted by atomic mass is 9.78. The molecule has 0 saturated heterocycles. The van der Waals surface area contributed by atoms with Gasteiger partial charge in [-0.25, -0.2) is 18.0 Å². The molecule has 2 saturated carbocycles. The summed E-state index contributed by atoms with van der Waals surface area (Å²) >= 11 is 0. The second-order valence-electron chi connectivity index (χ2n) is 17.0. The van der Waals surface area contributed by atoms with Gasteiger partial charge in [0.05, 0.1) is 23.0 Å². The van der Waals surface area contributed by atoms with E-state index in [-0.39, 0.29) is 44.8 Å². The van der Waals surface area contributed by atoms with Crippen molar-refractivity contribution < 1.29 is 46.7 Å². The van der Waals surface area contributed by atoms with Gasteiger partial charge in [-0.2, -0.15) is 4.31 Å². The van der Waals surface area contributed by atoms with Gasteiger partial charge in [0, 0.05) is 44.0 Å². The Morgan fingerprint density at radius 1 is 1.03 bits per heavy atom. The normalized spacial score (nSPS) is 24.9. The second-order valence-corrected chi connectivity index (χ2v) is 18.9. The average molecular weight is 875 g/mol. The summed E-state index contributed by atoms with van der Waals surface area (Å²) in [5, 5.41) is 17.6. The molecule has 2 aromatic rings. The van der Waals surface area contributed by atoms with Gasteiger partial charge in [-0.3, -0.25) is 19.7 Å². The van der Waals surface area contributed by atoms with Crippen molar-refractivity contribution in [2.45, 2.75) is 93.9 Å². The number of carbonyl (C=O) groups excluding carboxylic acids is 4. The molecule has 3 aliphatic rings. The molecular weight excluding hydrogens is 817 g/mol. The number of unbranched alkanes of at least 4 members (excludes halogenated alkanes) is 1. The first kappa shape index (κ1) is 47.6. The lowest BCUT2D eigenvalue weighted by Crippen LogP contribution is -2.54. The predicted molar refractivity (Wildman–Crippen MR) is 233 cm³/mol. The first-order valence-corrected chi connectivity index (χ1v) is 22.3. The van der Waals surface area contributed by atoms with Gasteiger partial charge < -0.3 is 24.8 Å². The smallest absolute Gasteiger partial charge is 0.408 e. The standard InChI is InChI=1S/C46H58N4O11S/c1-8-11-17-26-49(62(57,58)39-21-16-15-20-38(39)50(55)56)30-37(47-43(54)61-44(4,5)6)40(51)35-28-45(59-7,34-24-22-32(23-25-34)31-18-13-12-14-19-31)29-36(35)41(52)48-46(27-33(46)9-2)42(53)60-10-3/h8-9,12-16,18-24,33-37H,1-2,10-11,17,25-30H2,3-7H3,(H,47,54)(H,48,52)/t33-,34?,35?,36-,37+,45-,46-/m1/s1. The lowest BCUT2D eigenvalue weighted by Gasteiger charge is -2.36. The number of alkyl carbamates (subject to hydrolysis) is 1. The molecule has 62 heavy (non-hydrogen) atoms. The SMILES string of the molecule is C=CCCCN(C[C@H](NC(=O)OC(C)(C)C)C(=O)C1C[C@](OC)(C2C=CC(c3ccccc3)=CC2)C[C@H]1C(=O)N[C@]1(C(=O)OCC)C[C@H]1C=C)S(=O)(=O)c1ccccc1[N+](=O)[O-]. The number of amides is 2. The number of nitrogens with zero attached hydrogens (tertiary/aromatic N) is 2. The minimum atomic E-state index is -4.69. The fraction of sp³-hybridized carbons (Fsp3) is 0.478. The van der Waals surface area contributed by atoms with Crippen LogP contribution in [0.1, 0.15) is 71.8 Å². The van der Waals surface area contributed by atoms with Crippen molar-refractivity contribution >= 4 is 45.0 Å². The number of rotatable bonds is 20. The number of nitrogens with one attached hydrogen (secondary N) is 2. The topological polar surface area (TPSA) is 201 Å². The highest BCUT2D eigenvalue weighted by molar-refractivity contribution is 7.89. The molecule has 2 aromatic carbocycles. The Balaban J connectivity index is 1.58. The minimum Gasteiger partial charge on any atom is -0.464 e. The maximum atomic E-state index is 15.3. The first-order chi connectivity index (χ1) is 29.4. The Labute approximate surface area is 363 Å². The van der Waals surface area contributed by atoms with E-state index in [1.165, 1.54) is 19.2 Å². The number of Topliss-reactive ketones (excluding diaryl/α,β-unsaturated/α-hetero) is 1. The monoisotopic (exact) mass is 874 g/mol. The number of nitro groups is 1. The number of allylic oxidation sites excluding steroid dienone is 4. The molecule has 2 fully saturated rings. The van der Waals surface area contributed by atoms with Crippen LogP contribution >= 0.6 is 0 Å². The summed E-state index contributed by atoms with van der Waals surface area (Å²) in [5.74, 6) is -5.00. The van der Waals surface area contributed by atoms with Crippen molar-refractivity contribution in [1.29, 1.82) is 0 Å². The van der Waals surface area contributed by atoms with Crippen LogP contribution < -0.4 is 10.6 Å². The third kappa shape index (κ3) is 10.6. The number of hydrogen-bond donors (Lipinski definition) is 2. The molecule has 0 aromatic heterocycles. The van der Waals surface area contributed by atoms with E-state index in [2.05, 4.69) is 29.9 Å². The highest BCUT2D eigenvalue weighted by Crippen LogP contribution is 2.51. The number of nitro benzene ring substituents is 1. The van der Waals surface area contributed by atoms with Crippen LogP contribution in [0.3, 0.4) is 0 Å². The molecule has 3 aliphatic carbocycles. The summed E-state index contributed by atoms with van der Waals surface area (Å²) in [4.78, 5) is 67.6. The van der Waals surface area contributed by atoms with Crippen LogP contribution in [0.4, 0.5) is 10.5 Å². The molecule has 2 N–H and O–H groups in total. The lowest BCUT2D eigenvalue weighted by molar-refractivity contribution is -0.387. The third-order valence-corrected chi connectivity index (χ3v) is 13.7. The number of benzene rings is 2. The maximum absolute atomic E-state index is 15.3. The highest BCUT2D eigenvalue weighted by Gasteiger charge is 2.63. The van der Waals surface area contributed by atoms with Crippen molar-refractivity contribution in [2.24, 2.45) is 23.7 Å². The zero-order valence-corrected chi connectivity index (χ0v) is 36.9. The minimum absolute atomic E-state index is 0.0128. The molecule has 0 heterocycles. The molecule has 2 amide bonds. The number of ketones is 1. The molecule has 2 unspecified atom stereocenters. The van der Waals surface area contributed by atoms with Gasteiger partial charge in [0.2, 0.25) is 15.9 Å². The van der Waals surface area contributed by atoms with Gasteiger partial charge in [-0.1, -0.05) is 72.8 Å². The summed E-state index contributed by atoms with van der Waals surface area (Å²) in [6.07, 6.45) is 9.53. The van der Waals surface area contributed by atoms with Crippen molar-refractivity contribution in [3.8, 4) is 0 Å². The van der Waals surface area contributed by atoms with Crippen molar-refractivity contribution in [3.63, 3.8) is 0 Å². The van der Waals surface area contributed by atoms with Crippen LogP contribution in [0.15, 0.2) is 103 Å². The fourth-order valence-corrected chi connectivity index (χ4v) is 10.2. The van der Waals surface area contributed by atoms with Gasteiger partial charge in [-0.05, 0) is 83.4 Å². The highest BCUT2D eigenvalue weighted by atomic mass is 32.2. The fourth-order valence-electron chi connectivity index (χ4n) is 8.54. The van der Waals surface area contributed by atoms with Crippen LogP contribution in [-0.2, 0) is 38.6 Å². The molecule has 15 nitrogen and oxygen atoms in total. The summed E-state index contributed by atoms with van der Waals surface area (Å²) in [6, 6.07) is 13.1. The summed E-state index contributed by atoms with van der Waals surface area (Å²) in [6.45, 7) is 13.3. The Bertz CT molecular complexity index is 2200. The number of esters is 1. The number of hydrogen-bond acceptors (Lipinski definition) is 11. The molecule has 0 spiro atoms. The summed E-state index contributed by atoms with van der Waals surface area (Å²) < 4.78 is 47.0. The molecule has 0 bridgehead atoms. The zero-order valence-electron chi connectivity index (χ0n) is 36.0. The first-order valence-electron chi connectivity index (χ1n) is 20.8. The van der Waals surface area contributed by atoms with Gasteiger partial charge in [0.15, 0.2) is 10.7 Å². The van der Waals surface area contributed by atoms with Gasteiger partial charge in [0.1, 0.15) is 17.2 Å². The number of sulfonamides is 1. The molecule has 0 radical (unpaired) electrons.